The van der Waals surface area contributed by atoms with Gasteiger partial charge >= 0.3 is 0 Å². The lowest BCUT2D eigenvalue weighted by Gasteiger charge is -1.77. The molecule has 0 saturated heterocycles. The molecule has 0 aliphatic heterocycles. The maximum absolute atomic E-state index is 5.19. The molecule has 15 heavy (non-hydrogen) atoms. The molecule has 0 saturated carbocycles. The molecule has 8 nitrogen and oxygen atoms in total. The van der Waals surface area contributed by atoms with Gasteiger partial charge in [-0.15, -0.1) is 22.8 Å². The maximum atomic E-state index is 5.19. The fraction of sp³-hybridized carbons (Fsp3) is 0.200. The van der Waals surface area contributed by atoms with Crippen molar-refractivity contribution >= 4 is 36.3 Å². The number of nitrogens with two attached hydrogens (primary N) is 2. The number of aromatic nitrogens is 6. The lowest BCUT2D eigenvalue weighted by atomic mass is 11.1. The van der Waals surface area contributed by atoms with Crippen molar-refractivity contribution in [3.05, 3.63) is 0 Å². The molecule has 82 valence electrons. The molecule has 2 rings (SSSR count). The van der Waals surface area contributed by atoms with Crippen molar-refractivity contribution in [1.82, 2.24) is 30.4 Å². The van der Waals surface area contributed by atoms with Crippen LogP contribution in [-0.4, -0.2) is 36.6 Å². The third kappa shape index (κ3) is 4.08. The van der Waals surface area contributed by atoms with E-state index in [0.717, 1.165) is 5.16 Å². The molecule has 0 aliphatic carbocycles. The van der Waals surface area contributed by atoms with Crippen molar-refractivity contribution in [2.45, 2.75) is 10.3 Å². The maximum Gasteiger partial charge on any atom is 0.240 e. The van der Waals surface area contributed by atoms with Crippen LogP contribution in [-0.2, 0) is 0 Å². The summed E-state index contributed by atoms with van der Waals surface area (Å²) in [6, 6.07) is 0. The van der Waals surface area contributed by atoms with Crippen LogP contribution < -0.4 is 11.5 Å². The molecule has 0 radical (unpaired) electrons. The third-order valence-electron chi connectivity index (χ3n) is 1.17. The number of nitrogens with one attached hydrogen (secondary N) is 2. The molecule has 0 aliphatic rings. The lowest BCUT2D eigenvalue weighted by Crippen LogP contribution is -1.84. The van der Waals surface area contributed by atoms with Gasteiger partial charge in [-0.1, -0.05) is 11.8 Å². The first-order valence-electron chi connectivity index (χ1n) is 3.70. The Morgan fingerprint density at radius 3 is 1.93 bits per heavy atom. The van der Waals surface area contributed by atoms with Crippen molar-refractivity contribution in [2.75, 3.05) is 17.7 Å². The van der Waals surface area contributed by atoms with Gasteiger partial charge in [0, 0.05) is 0 Å². The smallest absolute Gasteiger partial charge is 0.240 e. The molecule has 0 spiro atoms. The molecule has 0 amide bonds. The van der Waals surface area contributed by atoms with Crippen molar-refractivity contribution in [1.29, 1.82) is 0 Å². The summed E-state index contributed by atoms with van der Waals surface area (Å²) in [5.41, 5.74) is 10.3. The van der Waals surface area contributed by atoms with Crippen LogP contribution in [0.15, 0.2) is 10.3 Å². The number of H-pyrrole nitrogens is 2. The summed E-state index contributed by atoms with van der Waals surface area (Å²) >= 11 is 5.28. The minimum absolute atomic E-state index is 0.227. The van der Waals surface area contributed by atoms with Crippen molar-refractivity contribution in [3.63, 3.8) is 0 Å². The minimum atomic E-state index is 0.227. The Labute approximate surface area is 95.1 Å². The van der Waals surface area contributed by atoms with Crippen LogP contribution in [0.5, 0.6) is 0 Å². The van der Waals surface area contributed by atoms with Crippen molar-refractivity contribution in [2.24, 2.45) is 0 Å². The number of nitrogen functional groups attached to an aromatic ring is 2. The summed E-state index contributed by atoms with van der Waals surface area (Å²) in [6.07, 6.45) is 1.90. The van der Waals surface area contributed by atoms with Gasteiger partial charge in [0.05, 0.1) is 0 Å². The molecular formula is C5H10N8S2. The normalized spacial score (nSPS) is 9.47. The number of thioether (sulfide) groups is 1. The number of hydrogen-bond donors (Lipinski definition) is 5. The first-order valence-corrected chi connectivity index (χ1v) is 5.37. The standard InChI is InChI=1S/C3H6N4S.C2H4N4S/c1-8-3-5-2(4)6-7-3;3-1-4-2(7)6-5-1/h1H3,(H3,4,5,6,7);(H4,3,4,5,6,7). The second-order valence-electron chi connectivity index (χ2n) is 2.22. The van der Waals surface area contributed by atoms with Crippen molar-refractivity contribution in [3.8, 4) is 0 Å². The highest BCUT2D eigenvalue weighted by molar-refractivity contribution is 7.98. The Bertz CT molecular complexity index is 392. The molecule has 0 unspecified atom stereocenters. The van der Waals surface area contributed by atoms with E-state index in [1.54, 1.807) is 0 Å². The molecule has 0 aromatic carbocycles. The summed E-state index contributed by atoms with van der Waals surface area (Å²) in [5, 5.41) is 13.4. The summed E-state index contributed by atoms with van der Waals surface area (Å²) in [4.78, 5) is 7.39. The Balaban J connectivity index is 0.000000151. The molecule has 2 aromatic rings. The molecule has 0 atom stereocenters. The van der Waals surface area contributed by atoms with E-state index in [2.05, 4.69) is 43.0 Å². The monoisotopic (exact) mass is 246 g/mol. The molecule has 0 fully saturated rings. The molecule has 0 bridgehead atoms. The van der Waals surface area contributed by atoms with Crippen LogP contribution in [0.4, 0.5) is 11.9 Å². The predicted octanol–water partition coefficient (Wildman–Crippen LogP) is -0.216. The van der Waals surface area contributed by atoms with E-state index in [0.29, 0.717) is 11.1 Å². The van der Waals surface area contributed by atoms with E-state index in [4.69, 9.17) is 11.5 Å². The first kappa shape index (κ1) is 11.7. The Kier molecular flexibility index (Phi) is 4.24. The highest BCUT2D eigenvalue weighted by Gasteiger charge is 1.93. The van der Waals surface area contributed by atoms with Gasteiger partial charge in [0.2, 0.25) is 11.9 Å². The summed E-state index contributed by atoms with van der Waals surface area (Å²) in [7, 11) is 0. The zero-order valence-corrected chi connectivity index (χ0v) is 9.51. The quantitative estimate of drug-likeness (QED) is 0.347. The number of aromatic amines is 2. The van der Waals surface area contributed by atoms with Gasteiger partial charge in [-0.2, -0.15) is 9.97 Å². The number of nitrogens with zero attached hydrogens (tertiary/aromatic N) is 4. The summed E-state index contributed by atoms with van der Waals surface area (Å²) in [6.45, 7) is 0. The fourth-order valence-corrected chi connectivity index (χ4v) is 1.09. The van der Waals surface area contributed by atoms with E-state index in [1.807, 2.05) is 6.26 Å². The van der Waals surface area contributed by atoms with Crippen LogP contribution in [0.2, 0.25) is 0 Å². The number of thiol groups is 1. The first-order chi connectivity index (χ1) is 7.11. The van der Waals surface area contributed by atoms with E-state index in [-0.39, 0.29) is 5.95 Å². The summed E-state index contributed by atoms with van der Waals surface area (Å²) < 4.78 is 0. The van der Waals surface area contributed by atoms with E-state index < -0.39 is 0 Å². The van der Waals surface area contributed by atoms with Crippen LogP contribution >= 0.6 is 24.4 Å². The van der Waals surface area contributed by atoms with Gasteiger partial charge in [-0.3, -0.25) is 10.2 Å². The zero-order chi connectivity index (χ0) is 11.3. The fourth-order valence-electron chi connectivity index (χ4n) is 0.616. The SMILES string of the molecule is CSc1nc(N)n[nH]1.Nc1n[nH]c(S)n1. The number of hydrogen-bond acceptors (Lipinski definition) is 8. The van der Waals surface area contributed by atoms with Crippen LogP contribution in [0, 0.1) is 0 Å². The average Bonchev–Trinajstić information content (AvgIpc) is 2.76. The minimum Gasteiger partial charge on any atom is -0.366 e. The summed E-state index contributed by atoms with van der Waals surface area (Å²) in [5.74, 6) is 0.527. The predicted molar refractivity (Wildman–Crippen MR) is 60.6 cm³/mol. The molecule has 10 heteroatoms. The van der Waals surface area contributed by atoms with Gasteiger partial charge < -0.3 is 11.5 Å². The second-order valence-corrected chi connectivity index (χ2v) is 3.44. The van der Waals surface area contributed by atoms with E-state index >= 15 is 0 Å². The Morgan fingerprint density at radius 2 is 1.73 bits per heavy atom. The van der Waals surface area contributed by atoms with Gasteiger partial charge in [0.15, 0.2) is 10.3 Å². The van der Waals surface area contributed by atoms with Crippen LogP contribution in [0.25, 0.3) is 0 Å². The molecule has 2 aromatic heterocycles. The Hall–Kier alpha value is -1.42. The highest BCUT2D eigenvalue weighted by Crippen LogP contribution is 2.06. The van der Waals surface area contributed by atoms with E-state index in [1.165, 1.54) is 11.8 Å². The van der Waals surface area contributed by atoms with Gasteiger partial charge in [-0.25, -0.2) is 0 Å². The van der Waals surface area contributed by atoms with Crippen molar-refractivity contribution < 1.29 is 0 Å². The Morgan fingerprint density at radius 1 is 1.13 bits per heavy atom. The zero-order valence-electron chi connectivity index (χ0n) is 7.80. The van der Waals surface area contributed by atoms with Gasteiger partial charge in [0.25, 0.3) is 0 Å². The van der Waals surface area contributed by atoms with E-state index in [9.17, 15) is 0 Å². The van der Waals surface area contributed by atoms with Crippen LogP contribution in [0.3, 0.4) is 0 Å². The molecule has 6 N–H and O–H groups in total. The molecule has 2 heterocycles. The van der Waals surface area contributed by atoms with Gasteiger partial charge in [-0.05, 0) is 6.26 Å². The average molecular weight is 246 g/mol. The number of anilines is 2. The highest BCUT2D eigenvalue weighted by atomic mass is 32.2. The lowest BCUT2D eigenvalue weighted by molar-refractivity contribution is 0.977. The number of rotatable bonds is 1. The third-order valence-corrected chi connectivity index (χ3v) is 1.94. The second kappa shape index (κ2) is 5.46. The van der Waals surface area contributed by atoms with Crippen LogP contribution in [0.1, 0.15) is 0 Å². The van der Waals surface area contributed by atoms with Gasteiger partial charge in [0.1, 0.15) is 0 Å². The topological polar surface area (TPSA) is 135 Å². The largest absolute Gasteiger partial charge is 0.366 e. The molecular weight excluding hydrogens is 236 g/mol.